The van der Waals surface area contributed by atoms with Gasteiger partial charge in [0.15, 0.2) is 0 Å². The maximum atomic E-state index is 12.9. The van der Waals surface area contributed by atoms with Gasteiger partial charge in [-0.15, -0.1) is 0 Å². The monoisotopic (exact) mass is 193 g/mol. The van der Waals surface area contributed by atoms with E-state index in [2.05, 4.69) is 5.32 Å². The number of fused-ring (bicyclic) bond motifs is 1. The molecular weight excluding hydrogens is 181 g/mol. The average Bonchev–Trinajstić information content (AvgIpc) is 2.47. The summed E-state index contributed by atoms with van der Waals surface area (Å²) in [7, 11) is 0. The Hall–Kier alpha value is -1.38. The molecule has 0 bridgehead atoms. The van der Waals surface area contributed by atoms with E-state index in [-0.39, 0.29) is 17.8 Å². The smallest absolute Gasteiger partial charge is 0.217 e. The highest BCUT2D eigenvalue weighted by Crippen LogP contribution is 2.31. The van der Waals surface area contributed by atoms with Crippen LogP contribution in [0.3, 0.4) is 0 Å². The predicted molar refractivity (Wildman–Crippen MR) is 51.3 cm³/mol. The molecule has 0 heterocycles. The van der Waals surface area contributed by atoms with E-state index < -0.39 is 0 Å². The Balaban J connectivity index is 2.26. The van der Waals surface area contributed by atoms with Crippen LogP contribution in [0.4, 0.5) is 4.39 Å². The zero-order valence-electron chi connectivity index (χ0n) is 8.01. The van der Waals surface area contributed by atoms with E-state index in [1.54, 1.807) is 12.1 Å². The molecule has 0 spiro atoms. The normalized spacial score (nSPS) is 19.1. The highest BCUT2D eigenvalue weighted by molar-refractivity contribution is 5.73. The summed E-state index contributed by atoms with van der Waals surface area (Å²) in [5, 5.41) is 2.86. The van der Waals surface area contributed by atoms with Crippen molar-refractivity contribution in [1.82, 2.24) is 5.32 Å². The van der Waals surface area contributed by atoms with Crippen LogP contribution >= 0.6 is 0 Å². The van der Waals surface area contributed by atoms with E-state index >= 15 is 0 Å². The number of aryl methyl sites for hydroxylation is 1. The maximum Gasteiger partial charge on any atom is 0.217 e. The van der Waals surface area contributed by atoms with Gasteiger partial charge in [-0.2, -0.15) is 0 Å². The fraction of sp³-hybridized carbons (Fsp3) is 0.364. The van der Waals surface area contributed by atoms with Crippen molar-refractivity contribution >= 4 is 5.91 Å². The van der Waals surface area contributed by atoms with Gasteiger partial charge in [0.05, 0.1) is 6.04 Å². The molecule has 0 saturated heterocycles. The molecule has 1 aliphatic rings. The number of benzene rings is 1. The quantitative estimate of drug-likeness (QED) is 0.725. The highest BCUT2D eigenvalue weighted by atomic mass is 19.1. The maximum absolute atomic E-state index is 12.9. The average molecular weight is 193 g/mol. The summed E-state index contributed by atoms with van der Waals surface area (Å²) in [5.74, 6) is -0.237. The van der Waals surface area contributed by atoms with Gasteiger partial charge in [-0.3, -0.25) is 4.79 Å². The summed E-state index contributed by atoms with van der Waals surface area (Å²) in [6.45, 7) is 1.50. The number of hydrogen-bond acceptors (Lipinski definition) is 1. The number of rotatable bonds is 1. The second-order valence-corrected chi connectivity index (χ2v) is 3.63. The van der Waals surface area contributed by atoms with Gasteiger partial charge in [0.25, 0.3) is 0 Å². The minimum Gasteiger partial charge on any atom is -0.350 e. The van der Waals surface area contributed by atoms with E-state index in [0.29, 0.717) is 0 Å². The van der Waals surface area contributed by atoms with Crippen LogP contribution in [-0.2, 0) is 11.2 Å². The van der Waals surface area contributed by atoms with Crippen molar-refractivity contribution in [1.29, 1.82) is 0 Å². The summed E-state index contributed by atoms with van der Waals surface area (Å²) in [5.41, 5.74) is 2.07. The first kappa shape index (κ1) is 9.19. The summed E-state index contributed by atoms with van der Waals surface area (Å²) < 4.78 is 12.9. The second-order valence-electron chi connectivity index (χ2n) is 3.63. The Morgan fingerprint density at radius 2 is 2.36 bits per heavy atom. The Labute approximate surface area is 82.1 Å². The lowest BCUT2D eigenvalue weighted by Crippen LogP contribution is -2.24. The van der Waals surface area contributed by atoms with Gasteiger partial charge >= 0.3 is 0 Å². The molecule has 0 radical (unpaired) electrons. The van der Waals surface area contributed by atoms with Gasteiger partial charge in [-0.1, -0.05) is 6.07 Å². The van der Waals surface area contributed by atoms with Crippen LogP contribution < -0.4 is 5.32 Å². The van der Waals surface area contributed by atoms with Gasteiger partial charge in [0.2, 0.25) is 5.91 Å². The Bertz CT molecular complexity index is 376. The van der Waals surface area contributed by atoms with E-state index in [1.165, 1.54) is 13.0 Å². The molecule has 1 amide bonds. The fourth-order valence-corrected chi connectivity index (χ4v) is 1.98. The van der Waals surface area contributed by atoms with E-state index in [0.717, 1.165) is 24.0 Å². The van der Waals surface area contributed by atoms with Crippen molar-refractivity contribution in [2.75, 3.05) is 0 Å². The molecule has 1 unspecified atom stereocenters. The lowest BCUT2D eigenvalue weighted by Gasteiger charge is -2.11. The van der Waals surface area contributed by atoms with Crippen molar-refractivity contribution in [3.05, 3.63) is 35.1 Å². The molecule has 14 heavy (non-hydrogen) atoms. The number of nitrogens with one attached hydrogen (secondary N) is 1. The first-order valence-electron chi connectivity index (χ1n) is 4.72. The Kier molecular flexibility index (Phi) is 2.23. The minimum atomic E-state index is -0.202. The Morgan fingerprint density at radius 1 is 1.57 bits per heavy atom. The van der Waals surface area contributed by atoms with Crippen molar-refractivity contribution in [3.63, 3.8) is 0 Å². The van der Waals surface area contributed by atoms with Crippen LogP contribution in [0, 0.1) is 5.82 Å². The largest absolute Gasteiger partial charge is 0.350 e. The Morgan fingerprint density at radius 3 is 3.07 bits per heavy atom. The molecule has 0 fully saturated rings. The third-order valence-corrected chi connectivity index (χ3v) is 2.56. The molecule has 3 heteroatoms. The third kappa shape index (κ3) is 1.62. The zero-order valence-corrected chi connectivity index (χ0v) is 8.01. The summed E-state index contributed by atoms with van der Waals surface area (Å²) in [4.78, 5) is 10.9. The molecule has 1 atom stereocenters. The SMILES string of the molecule is CC(=O)NC1CCc2cc(F)ccc21. The standard InChI is InChI=1S/C11H12FNO/c1-7(14)13-11-5-2-8-6-9(12)3-4-10(8)11/h3-4,6,11H,2,5H2,1H3,(H,13,14). The molecule has 1 aromatic rings. The molecule has 1 N–H and O–H groups in total. The minimum absolute atomic E-state index is 0.0350. The molecular formula is C11H12FNO. The zero-order chi connectivity index (χ0) is 10.1. The number of hydrogen-bond donors (Lipinski definition) is 1. The van der Waals surface area contributed by atoms with E-state index in [1.807, 2.05) is 0 Å². The summed E-state index contributed by atoms with van der Waals surface area (Å²) >= 11 is 0. The van der Waals surface area contributed by atoms with Crippen LogP contribution in [-0.4, -0.2) is 5.91 Å². The molecule has 1 aliphatic carbocycles. The van der Waals surface area contributed by atoms with Crippen LogP contribution in [0.15, 0.2) is 18.2 Å². The van der Waals surface area contributed by atoms with Crippen LogP contribution in [0.25, 0.3) is 0 Å². The summed E-state index contributed by atoms with van der Waals surface area (Å²) in [6, 6.07) is 4.83. The molecule has 2 rings (SSSR count). The third-order valence-electron chi connectivity index (χ3n) is 2.56. The van der Waals surface area contributed by atoms with Gasteiger partial charge in [-0.05, 0) is 36.1 Å². The topological polar surface area (TPSA) is 29.1 Å². The van der Waals surface area contributed by atoms with Crippen molar-refractivity contribution in [2.45, 2.75) is 25.8 Å². The molecule has 74 valence electrons. The second kappa shape index (κ2) is 3.40. The first-order valence-corrected chi connectivity index (χ1v) is 4.72. The van der Waals surface area contributed by atoms with Crippen LogP contribution in [0.1, 0.15) is 30.5 Å². The molecule has 1 aromatic carbocycles. The lowest BCUT2D eigenvalue weighted by molar-refractivity contribution is -0.119. The van der Waals surface area contributed by atoms with Gasteiger partial charge in [-0.25, -0.2) is 4.39 Å². The molecule has 0 saturated carbocycles. The highest BCUT2D eigenvalue weighted by Gasteiger charge is 2.22. The fourth-order valence-electron chi connectivity index (χ4n) is 1.98. The number of carbonyl (C=O) groups excluding carboxylic acids is 1. The number of amides is 1. The molecule has 0 aliphatic heterocycles. The van der Waals surface area contributed by atoms with Crippen LogP contribution in [0.5, 0.6) is 0 Å². The van der Waals surface area contributed by atoms with E-state index in [9.17, 15) is 9.18 Å². The number of halogens is 1. The van der Waals surface area contributed by atoms with Crippen molar-refractivity contribution in [2.24, 2.45) is 0 Å². The van der Waals surface area contributed by atoms with Gasteiger partial charge in [0, 0.05) is 6.92 Å². The predicted octanol–water partition coefficient (Wildman–Crippen LogP) is 1.95. The van der Waals surface area contributed by atoms with Crippen molar-refractivity contribution < 1.29 is 9.18 Å². The van der Waals surface area contributed by atoms with Crippen LogP contribution in [0.2, 0.25) is 0 Å². The lowest BCUT2D eigenvalue weighted by atomic mass is 10.1. The molecule has 2 nitrogen and oxygen atoms in total. The molecule has 0 aromatic heterocycles. The van der Waals surface area contributed by atoms with Crippen molar-refractivity contribution in [3.8, 4) is 0 Å². The number of carbonyl (C=O) groups is 1. The van der Waals surface area contributed by atoms with E-state index in [4.69, 9.17) is 0 Å². The van der Waals surface area contributed by atoms with Gasteiger partial charge < -0.3 is 5.32 Å². The summed E-state index contributed by atoms with van der Waals surface area (Å²) in [6.07, 6.45) is 1.72. The first-order chi connectivity index (χ1) is 6.66. The van der Waals surface area contributed by atoms with Gasteiger partial charge in [0.1, 0.15) is 5.82 Å².